The number of hydrogen-bond acceptors (Lipinski definition) is 1. The maximum Gasteiger partial charge on any atom is 0.243 e. The molecule has 1 aromatic rings. The van der Waals surface area contributed by atoms with E-state index in [1.807, 2.05) is 20.8 Å². The summed E-state index contributed by atoms with van der Waals surface area (Å²) in [6.07, 6.45) is 0. The van der Waals surface area contributed by atoms with E-state index in [2.05, 4.69) is 5.32 Å². The van der Waals surface area contributed by atoms with Gasteiger partial charge in [0.15, 0.2) is 0 Å². The SMILES string of the molecule is CC(C)(C)NC(=O)C(Cl)c1ccc(F)cc1Cl. The lowest BCUT2D eigenvalue weighted by Crippen LogP contribution is -2.42. The van der Waals surface area contributed by atoms with Crippen molar-refractivity contribution < 1.29 is 9.18 Å². The summed E-state index contributed by atoms with van der Waals surface area (Å²) in [5.41, 5.74) is 0.0213. The number of alkyl halides is 1. The molecule has 0 bridgehead atoms. The number of hydrogen-bond donors (Lipinski definition) is 1. The highest BCUT2D eigenvalue weighted by Gasteiger charge is 2.24. The van der Waals surface area contributed by atoms with Crippen molar-refractivity contribution in [3.8, 4) is 0 Å². The van der Waals surface area contributed by atoms with Crippen LogP contribution >= 0.6 is 23.2 Å². The molecule has 5 heteroatoms. The zero-order valence-electron chi connectivity index (χ0n) is 9.85. The summed E-state index contributed by atoms with van der Waals surface area (Å²) >= 11 is 11.8. The minimum atomic E-state index is -0.928. The third-order valence-corrected chi connectivity index (χ3v) is 2.72. The Morgan fingerprint density at radius 1 is 1.41 bits per heavy atom. The molecule has 1 atom stereocenters. The van der Waals surface area contributed by atoms with Crippen LogP contribution in [0.1, 0.15) is 31.7 Å². The van der Waals surface area contributed by atoms with Crippen LogP contribution in [0.2, 0.25) is 5.02 Å². The van der Waals surface area contributed by atoms with Gasteiger partial charge in [0.1, 0.15) is 11.2 Å². The summed E-state index contributed by atoms with van der Waals surface area (Å²) < 4.78 is 12.9. The first-order valence-corrected chi connectivity index (χ1v) is 5.93. The molecule has 0 aliphatic rings. The van der Waals surface area contributed by atoms with Crippen molar-refractivity contribution in [2.75, 3.05) is 0 Å². The lowest BCUT2D eigenvalue weighted by atomic mass is 10.1. The first kappa shape index (κ1) is 14.3. The molecule has 1 amide bonds. The smallest absolute Gasteiger partial charge is 0.243 e. The highest BCUT2D eigenvalue weighted by Crippen LogP contribution is 2.29. The third kappa shape index (κ3) is 4.17. The molecule has 0 aromatic heterocycles. The average molecular weight is 278 g/mol. The molecule has 0 fully saturated rings. The third-order valence-electron chi connectivity index (χ3n) is 1.96. The molecule has 1 rings (SSSR count). The van der Waals surface area contributed by atoms with E-state index in [4.69, 9.17) is 23.2 Å². The molecule has 17 heavy (non-hydrogen) atoms. The molecule has 0 spiro atoms. The van der Waals surface area contributed by atoms with E-state index in [9.17, 15) is 9.18 Å². The molecule has 0 heterocycles. The number of carbonyl (C=O) groups excluding carboxylic acids is 1. The first-order chi connectivity index (χ1) is 7.70. The van der Waals surface area contributed by atoms with Crippen molar-refractivity contribution in [3.05, 3.63) is 34.6 Å². The van der Waals surface area contributed by atoms with Gasteiger partial charge in [-0.15, -0.1) is 11.6 Å². The van der Waals surface area contributed by atoms with Crippen LogP contribution < -0.4 is 5.32 Å². The van der Waals surface area contributed by atoms with Crippen LogP contribution in [-0.4, -0.2) is 11.4 Å². The minimum Gasteiger partial charge on any atom is -0.350 e. The molecule has 94 valence electrons. The zero-order chi connectivity index (χ0) is 13.2. The Morgan fingerprint density at radius 3 is 2.47 bits per heavy atom. The molecule has 1 N–H and O–H groups in total. The van der Waals surface area contributed by atoms with E-state index >= 15 is 0 Å². The molecule has 1 aromatic carbocycles. The van der Waals surface area contributed by atoms with Crippen molar-refractivity contribution >= 4 is 29.1 Å². The van der Waals surface area contributed by atoms with Crippen molar-refractivity contribution in [2.24, 2.45) is 0 Å². The molecular weight excluding hydrogens is 264 g/mol. The Balaban J connectivity index is 2.89. The van der Waals surface area contributed by atoms with Crippen molar-refractivity contribution in [2.45, 2.75) is 31.7 Å². The molecule has 0 aliphatic heterocycles. The van der Waals surface area contributed by atoms with Crippen LogP contribution in [0.15, 0.2) is 18.2 Å². The summed E-state index contributed by atoms with van der Waals surface area (Å²) in [5, 5.41) is 1.95. The van der Waals surface area contributed by atoms with Gasteiger partial charge in [0.2, 0.25) is 5.91 Å². The van der Waals surface area contributed by atoms with Gasteiger partial charge >= 0.3 is 0 Å². The normalized spacial score (nSPS) is 13.3. The molecule has 0 saturated heterocycles. The average Bonchev–Trinajstić information content (AvgIpc) is 2.14. The summed E-state index contributed by atoms with van der Waals surface area (Å²) in [6.45, 7) is 5.54. The number of halogens is 3. The summed E-state index contributed by atoms with van der Waals surface area (Å²) in [5.74, 6) is -0.813. The molecule has 0 saturated carbocycles. The number of amides is 1. The Labute approximate surface area is 110 Å². The summed E-state index contributed by atoms with van der Waals surface area (Å²) in [4.78, 5) is 11.8. The number of benzene rings is 1. The van der Waals surface area contributed by atoms with Gasteiger partial charge in [0, 0.05) is 10.6 Å². The van der Waals surface area contributed by atoms with Gasteiger partial charge in [-0.25, -0.2) is 4.39 Å². The zero-order valence-corrected chi connectivity index (χ0v) is 11.4. The van der Waals surface area contributed by atoms with Crippen LogP contribution in [0.4, 0.5) is 4.39 Å². The van der Waals surface area contributed by atoms with Crippen LogP contribution in [0.5, 0.6) is 0 Å². The van der Waals surface area contributed by atoms with Gasteiger partial charge in [-0.1, -0.05) is 17.7 Å². The number of rotatable bonds is 2. The second-order valence-electron chi connectivity index (χ2n) is 4.77. The Bertz CT molecular complexity index is 429. The largest absolute Gasteiger partial charge is 0.350 e. The Kier molecular flexibility index (Phi) is 4.39. The van der Waals surface area contributed by atoms with E-state index in [0.717, 1.165) is 6.07 Å². The topological polar surface area (TPSA) is 29.1 Å². The second kappa shape index (κ2) is 5.23. The predicted octanol–water partition coefficient (Wildman–Crippen LogP) is 3.67. The Morgan fingerprint density at radius 2 is 2.00 bits per heavy atom. The van der Waals surface area contributed by atoms with Crippen LogP contribution in [0, 0.1) is 5.82 Å². The number of nitrogens with one attached hydrogen (secondary N) is 1. The maximum atomic E-state index is 12.9. The van der Waals surface area contributed by atoms with E-state index < -0.39 is 11.2 Å². The minimum absolute atomic E-state index is 0.147. The quantitative estimate of drug-likeness (QED) is 0.821. The predicted molar refractivity (Wildman–Crippen MR) is 67.9 cm³/mol. The van der Waals surface area contributed by atoms with Crippen molar-refractivity contribution in [1.29, 1.82) is 0 Å². The molecular formula is C12H14Cl2FNO. The lowest BCUT2D eigenvalue weighted by molar-refractivity contribution is -0.122. The monoisotopic (exact) mass is 277 g/mol. The van der Waals surface area contributed by atoms with Crippen LogP contribution in [0.25, 0.3) is 0 Å². The van der Waals surface area contributed by atoms with Crippen molar-refractivity contribution in [1.82, 2.24) is 5.32 Å². The Hall–Kier alpha value is -0.800. The number of carbonyl (C=O) groups is 1. The summed E-state index contributed by atoms with van der Waals surface area (Å²) in [6, 6.07) is 3.77. The fraction of sp³-hybridized carbons (Fsp3) is 0.417. The van der Waals surface area contributed by atoms with Crippen LogP contribution in [0.3, 0.4) is 0 Å². The van der Waals surface area contributed by atoms with Gasteiger partial charge in [-0.3, -0.25) is 4.79 Å². The van der Waals surface area contributed by atoms with E-state index in [1.54, 1.807) is 0 Å². The van der Waals surface area contributed by atoms with Gasteiger partial charge in [-0.05, 0) is 38.5 Å². The lowest BCUT2D eigenvalue weighted by Gasteiger charge is -2.22. The molecule has 1 unspecified atom stereocenters. The highest BCUT2D eigenvalue weighted by atomic mass is 35.5. The first-order valence-electron chi connectivity index (χ1n) is 5.12. The van der Waals surface area contributed by atoms with E-state index in [0.29, 0.717) is 5.56 Å². The van der Waals surface area contributed by atoms with Crippen molar-refractivity contribution in [3.63, 3.8) is 0 Å². The molecule has 2 nitrogen and oxygen atoms in total. The fourth-order valence-electron chi connectivity index (χ4n) is 1.28. The van der Waals surface area contributed by atoms with Gasteiger partial charge in [0.25, 0.3) is 0 Å². The molecule has 0 aliphatic carbocycles. The van der Waals surface area contributed by atoms with E-state index in [-0.39, 0.29) is 16.5 Å². The fourth-order valence-corrected chi connectivity index (χ4v) is 1.86. The highest BCUT2D eigenvalue weighted by molar-refractivity contribution is 6.35. The summed E-state index contributed by atoms with van der Waals surface area (Å²) in [7, 11) is 0. The van der Waals surface area contributed by atoms with Crippen LogP contribution in [-0.2, 0) is 4.79 Å². The van der Waals surface area contributed by atoms with Gasteiger partial charge in [-0.2, -0.15) is 0 Å². The maximum absolute atomic E-state index is 12.9. The second-order valence-corrected chi connectivity index (χ2v) is 5.61. The van der Waals surface area contributed by atoms with Gasteiger partial charge in [0.05, 0.1) is 0 Å². The molecule has 0 radical (unpaired) electrons. The standard InChI is InChI=1S/C12H14Cl2FNO/c1-12(2,3)16-11(17)10(14)8-5-4-7(15)6-9(8)13/h4-6,10H,1-3H3,(H,16,17). The van der Waals surface area contributed by atoms with E-state index in [1.165, 1.54) is 12.1 Å². The van der Waals surface area contributed by atoms with Gasteiger partial charge < -0.3 is 5.32 Å².